The van der Waals surface area contributed by atoms with Gasteiger partial charge in [0.1, 0.15) is 22.8 Å². The number of halogens is 2. The van der Waals surface area contributed by atoms with Crippen molar-refractivity contribution in [1.29, 1.82) is 0 Å². The van der Waals surface area contributed by atoms with Crippen LogP contribution in [0.1, 0.15) is 12.5 Å². The molecule has 4 rings (SSSR count). The van der Waals surface area contributed by atoms with Crippen LogP contribution in [-0.4, -0.2) is 9.97 Å². The molecule has 0 radical (unpaired) electrons. The molecule has 0 aliphatic heterocycles. The zero-order chi connectivity index (χ0) is 18.1. The van der Waals surface area contributed by atoms with Gasteiger partial charge in [-0.2, -0.15) is 0 Å². The Labute approximate surface area is 159 Å². The van der Waals surface area contributed by atoms with Crippen LogP contribution in [0.15, 0.2) is 54.2 Å². The van der Waals surface area contributed by atoms with E-state index >= 15 is 0 Å². The van der Waals surface area contributed by atoms with Crippen LogP contribution in [0.5, 0.6) is 0 Å². The summed E-state index contributed by atoms with van der Waals surface area (Å²) in [6.07, 6.45) is 2.53. The van der Waals surface area contributed by atoms with Crippen LogP contribution >= 0.6 is 22.9 Å². The number of nitrogens with zero attached hydrogens (tertiary/aromatic N) is 2. The zero-order valence-corrected chi connectivity index (χ0v) is 15.5. The lowest BCUT2D eigenvalue weighted by molar-refractivity contribution is 0.628. The summed E-state index contributed by atoms with van der Waals surface area (Å²) < 4.78 is 13.4. The van der Waals surface area contributed by atoms with Crippen molar-refractivity contribution >= 4 is 44.7 Å². The number of thiophene rings is 1. The molecule has 26 heavy (non-hydrogen) atoms. The molecule has 0 atom stereocenters. The van der Waals surface area contributed by atoms with E-state index in [2.05, 4.69) is 51.9 Å². The minimum atomic E-state index is -0.447. The first kappa shape index (κ1) is 16.9. The van der Waals surface area contributed by atoms with E-state index in [-0.39, 0.29) is 5.02 Å². The summed E-state index contributed by atoms with van der Waals surface area (Å²) >= 11 is 7.46. The van der Waals surface area contributed by atoms with E-state index in [0.717, 1.165) is 27.8 Å². The third-order valence-electron chi connectivity index (χ3n) is 4.23. The summed E-state index contributed by atoms with van der Waals surface area (Å²) in [5, 5.41) is 6.34. The molecule has 6 heteroatoms. The Morgan fingerprint density at radius 2 is 1.92 bits per heavy atom. The van der Waals surface area contributed by atoms with Crippen molar-refractivity contribution in [3.8, 4) is 11.1 Å². The maximum atomic E-state index is 13.4. The SMILES string of the molecule is CCc1ccc(-c2csc3ncnc(Nc4ccc(F)c(Cl)c4)c23)cc1. The molecule has 0 aliphatic rings. The van der Waals surface area contributed by atoms with Crippen LogP contribution in [0.2, 0.25) is 5.02 Å². The number of anilines is 2. The molecule has 2 aromatic carbocycles. The monoisotopic (exact) mass is 383 g/mol. The van der Waals surface area contributed by atoms with Crippen molar-refractivity contribution in [1.82, 2.24) is 9.97 Å². The highest BCUT2D eigenvalue weighted by Gasteiger charge is 2.14. The highest BCUT2D eigenvalue weighted by molar-refractivity contribution is 7.17. The maximum absolute atomic E-state index is 13.4. The number of aryl methyl sites for hydroxylation is 1. The summed E-state index contributed by atoms with van der Waals surface area (Å²) in [6, 6.07) is 13.0. The Hall–Kier alpha value is -2.50. The number of hydrogen-bond donors (Lipinski definition) is 1. The fourth-order valence-corrected chi connectivity index (χ4v) is 3.91. The normalized spacial score (nSPS) is 11.0. The predicted octanol–water partition coefficient (Wildman–Crippen LogP) is 6.46. The molecular formula is C20H15ClFN3S. The van der Waals surface area contributed by atoms with E-state index < -0.39 is 5.82 Å². The molecule has 0 bridgehead atoms. The van der Waals surface area contributed by atoms with Crippen molar-refractivity contribution in [3.63, 3.8) is 0 Å². The lowest BCUT2D eigenvalue weighted by Crippen LogP contribution is -1.96. The summed E-state index contributed by atoms with van der Waals surface area (Å²) in [5.74, 6) is 0.228. The van der Waals surface area contributed by atoms with Crippen molar-refractivity contribution in [3.05, 3.63) is 70.6 Å². The van der Waals surface area contributed by atoms with Gasteiger partial charge < -0.3 is 5.32 Å². The Morgan fingerprint density at radius 1 is 1.12 bits per heavy atom. The van der Waals surface area contributed by atoms with E-state index in [9.17, 15) is 4.39 Å². The lowest BCUT2D eigenvalue weighted by atomic mass is 10.0. The summed E-state index contributed by atoms with van der Waals surface area (Å²) in [6.45, 7) is 2.14. The minimum absolute atomic E-state index is 0.0704. The largest absolute Gasteiger partial charge is 0.340 e. The summed E-state index contributed by atoms with van der Waals surface area (Å²) in [5.41, 5.74) is 4.16. The quantitative estimate of drug-likeness (QED) is 0.439. The highest BCUT2D eigenvalue weighted by Crippen LogP contribution is 2.37. The van der Waals surface area contributed by atoms with Gasteiger partial charge in [0.25, 0.3) is 0 Å². The third-order valence-corrected chi connectivity index (χ3v) is 5.40. The fourth-order valence-electron chi connectivity index (χ4n) is 2.81. The molecule has 0 spiro atoms. The van der Waals surface area contributed by atoms with Crippen LogP contribution in [0, 0.1) is 5.82 Å². The van der Waals surface area contributed by atoms with Gasteiger partial charge in [-0.25, -0.2) is 14.4 Å². The zero-order valence-electron chi connectivity index (χ0n) is 14.0. The third kappa shape index (κ3) is 3.16. The van der Waals surface area contributed by atoms with Gasteiger partial charge in [0.2, 0.25) is 0 Å². The second kappa shape index (κ2) is 7.02. The molecule has 2 aromatic heterocycles. The van der Waals surface area contributed by atoms with Crippen LogP contribution in [0.3, 0.4) is 0 Å². The van der Waals surface area contributed by atoms with Crippen molar-refractivity contribution in [2.45, 2.75) is 13.3 Å². The van der Waals surface area contributed by atoms with E-state index in [1.807, 2.05) is 0 Å². The standard InChI is InChI=1S/C20H15ClFN3S/c1-2-12-3-5-13(6-4-12)15-10-26-20-18(15)19(23-11-24-20)25-14-7-8-17(22)16(21)9-14/h3-11H,2H2,1H3,(H,23,24,25). The van der Waals surface area contributed by atoms with E-state index in [4.69, 9.17) is 11.6 Å². The van der Waals surface area contributed by atoms with Gasteiger partial charge in [0, 0.05) is 16.6 Å². The van der Waals surface area contributed by atoms with Gasteiger partial charge in [-0.15, -0.1) is 11.3 Å². The van der Waals surface area contributed by atoms with Crippen LogP contribution in [0.25, 0.3) is 21.3 Å². The number of hydrogen-bond acceptors (Lipinski definition) is 4. The molecule has 1 N–H and O–H groups in total. The Balaban J connectivity index is 1.79. The maximum Gasteiger partial charge on any atom is 0.143 e. The van der Waals surface area contributed by atoms with Crippen molar-refractivity contribution in [2.75, 3.05) is 5.32 Å². The fraction of sp³-hybridized carbons (Fsp3) is 0.100. The molecule has 4 aromatic rings. The van der Waals surface area contributed by atoms with Crippen molar-refractivity contribution in [2.24, 2.45) is 0 Å². The Bertz CT molecular complexity index is 1080. The second-order valence-electron chi connectivity index (χ2n) is 5.86. The van der Waals surface area contributed by atoms with E-state index in [0.29, 0.717) is 11.5 Å². The van der Waals surface area contributed by atoms with E-state index in [1.54, 1.807) is 23.5 Å². The molecule has 0 unspecified atom stereocenters. The first-order valence-corrected chi connectivity index (χ1v) is 9.45. The molecular weight excluding hydrogens is 369 g/mol. The lowest BCUT2D eigenvalue weighted by Gasteiger charge is -2.09. The summed E-state index contributed by atoms with van der Waals surface area (Å²) in [4.78, 5) is 9.66. The number of benzene rings is 2. The highest BCUT2D eigenvalue weighted by atomic mass is 35.5. The van der Waals surface area contributed by atoms with Gasteiger partial charge in [0.05, 0.1) is 10.4 Å². The van der Waals surface area contributed by atoms with Crippen LogP contribution < -0.4 is 5.32 Å². The average Bonchev–Trinajstić information content (AvgIpc) is 3.10. The van der Waals surface area contributed by atoms with E-state index in [1.165, 1.54) is 18.0 Å². The van der Waals surface area contributed by atoms with Gasteiger partial charge in [-0.3, -0.25) is 0 Å². The van der Waals surface area contributed by atoms with Gasteiger partial charge >= 0.3 is 0 Å². The molecule has 0 saturated carbocycles. The molecule has 0 fully saturated rings. The van der Waals surface area contributed by atoms with Crippen molar-refractivity contribution < 1.29 is 4.39 Å². The molecule has 0 amide bonds. The molecule has 130 valence electrons. The average molecular weight is 384 g/mol. The topological polar surface area (TPSA) is 37.8 Å². The Kier molecular flexibility index (Phi) is 4.57. The predicted molar refractivity (Wildman–Crippen MR) is 107 cm³/mol. The van der Waals surface area contributed by atoms with Crippen LogP contribution in [0.4, 0.5) is 15.9 Å². The molecule has 0 saturated heterocycles. The minimum Gasteiger partial charge on any atom is -0.340 e. The molecule has 0 aliphatic carbocycles. The van der Waals surface area contributed by atoms with Gasteiger partial charge in [0.15, 0.2) is 0 Å². The number of fused-ring (bicyclic) bond motifs is 1. The Morgan fingerprint density at radius 3 is 2.65 bits per heavy atom. The molecule has 2 heterocycles. The number of aromatic nitrogens is 2. The first-order valence-electron chi connectivity index (χ1n) is 8.19. The first-order chi connectivity index (χ1) is 12.7. The van der Waals surface area contributed by atoms with Gasteiger partial charge in [-0.1, -0.05) is 42.8 Å². The molecule has 3 nitrogen and oxygen atoms in total. The summed E-state index contributed by atoms with van der Waals surface area (Å²) in [7, 11) is 0. The van der Waals surface area contributed by atoms with Crippen LogP contribution in [-0.2, 0) is 6.42 Å². The smallest absolute Gasteiger partial charge is 0.143 e. The number of nitrogens with one attached hydrogen (secondary N) is 1. The number of rotatable bonds is 4. The van der Waals surface area contributed by atoms with Gasteiger partial charge in [-0.05, 0) is 35.7 Å². The second-order valence-corrected chi connectivity index (χ2v) is 7.12.